The number of benzene rings is 1. The average molecular weight is 252 g/mol. The quantitative estimate of drug-likeness (QED) is 0.749. The van der Waals surface area contributed by atoms with E-state index in [-0.39, 0.29) is 0 Å². The molecule has 0 atom stereocenters. The molecular weight excluding hydrogens is 236 g/mol. The number of imidazole rings is 1. The number of nitrogens with one attached hydrogen (secondary N) is 2. The van der Waals surface area contributed by atoms with Crippen LogP contribution >= 0.6 is 0 Å². The number of nitrogens with zero attached hydrogens (tertiary/aromatic N) is 2. The smallest absolute Gasteiger partial charge is 0.157 e. The molecule has 0 aliphatic carbocycles. The van der Waals surface area contributed by atoms with Crippen LogP contribution in [0.15, 0.2) is 42.6 Å². The van der Waals surface area contributed by atoms with Gasteiger partial charge in [-0.3, -0.25) is 4.98 Å². The number of pyridine rings is 1. The van der Waals surface area contributed by atoms with Crippen molar-refractivity contribution in [1.82, 2.24) is 20.3 Å². The van der Waals surface area contributed by atoms with Gasteiger partial charge in [-0.2, -0.15) is 0 Å². The summed E-state index contributed by atoms with van der Waals surface area (Å²) in [5.74, 6) is 0.821. The minimum Gasteiger partial charge on any atom is -0.337 e. The molecule has 19 heavy (non-hydrogen) atoms. The normalized spacial score (nSPS) is 11.0. The van der Waals surface area contributed by atoms with Crippen LogP contribution in [0.1, 0.15) is 5.56 Å². The van der Waals surface area contributed by atoms with Crippen molar-refractivity contribution >= 4 is 11.0 Å². The average Bonchev–Trinajstić information content (AvgIpc) is 2.89. The van der Waals surface area contributed by atoms with E-state index < -0.39 is 0 Å². The van der Waals surface area contributed by atoms with Gasteiger partial charge < -0.3 is 10.3 Å². The Balaban J connectivity index is 1.97. The molecule has 0 saturated heterocycles. The molecular formula is C15H16N4. The lowest BCUT2D eigenvalue weighted by Gasteiger charge is -1.99. The van der Waals surface area contributed by atoms with Crippen LogP contribution in [0.25, 0.3) is 22.6 Å². The Hall–Kier alpha value is -2.20. The van der Waals surface area contributed by atoms with E-state index in [2.05, 4.69) is 38.5 Å². The van der Waals surface area contributed by atoms with E-state index in [1.165, 1.54) is 5.56 Å². The van der Waals surface area contributed by atoms with Gasteiger partial charge in [0.25, 0.3) is 0 Å². The first-order chi connectivity index (χ1) is 9.36. The molecule has 0 aliphatic heterocycles. The standard InChI is InChI=1S/C15H16N4/c1-16-9-7-11-5-6-12-14(10-11)19-15(18-12)13-4-2-3-8-17-13/h2-6,8,10,16H,7,9H2,1H3,(H,18,19). The predicted molar refractivity (Wildman–Crippen MR) is 77.0 cm³/mol. The maximum atomic E-state index is 4.57. The molecule has 2 heterocycles. The molecule has 96 valence electrons. The Kier molecular flexibility index (Phi) is 3.25. The zero-order chi connectivity index (χ0) is 13.1. The van der Waals surface area contributed by atoms with Crippen molar-refractivity contribution in [2.24, 2.45) is 0 Å². The minimum absolute atomic E-state index is 0.821. The lowest BCUT2D eigenvalue weighted by atomic mass is 10.1. The Morgan fingerprint density at radius 1 is 1.21 bits per heavy atom. The molecule has 0 unspecified atom stereocenters. The first-order valence-electron chi connectivity index (χ1n) is 6.41. The van der Waals surface area contributed by atoms with Crippen LogP contribution in [0.5, 0.6) is 0 Å². The highest BCUT2D eigenvalue weighted by molar-refractivity contribution is 5.79. The number of rotatable bonds is 4. The number of aromatic amines is 1. The fourth-order valence-corrected chi connectivity index (χ4v) is 2.11. The van der Waals surface area contributed by atoms with Gasteiger partial charge in [-0.1, -0.05) is 12.1 Å². The first-order valence-corrected chi connectivity index (χ1v) is 6.41. The molecule has 4 heteroatoms. The number of fused-ring (bicyclic) bond motifs is 1. The first kappa shape index (κ1) is 11.9. The Morgan fingerprint density at radius 2 is 2.16 bits per heavy atom. The van der Waals surface area contributed by atoms with Crippen LogP contribution in [0.4, 0.5) is 0 Å². The van der Waals surface area contributed by atoms with E-state index in [4.69, 9.17) is 0 Å². The highest BCUT2D eigenvalue weighted by atomic mass is 14.9. The molecule has 0 bridgehead atoms. The monoisotopic (exact) mass is 252 g/mol. The molecule has 3 aromatic rings. The van der Waals surface area contributed by atoms with Gasteiger partial charge in [-0.05, 0) is 49.8 Å². The Morgan fingerprint density at radius 3 is 2.95 bits per heavy atom. The lowest BCUT2D eigenvalue weighted by Crippen LogP contribution is -2.10. The summed E-state index contributed by atoms with van der Waals surface area (Å²) in [6.07, 6.45) is 2.80. The SMILES string of the molecule is CNCCc1ccc2nc(-c3ccccn3)[nH]c2c1. The van der Waals surface area contributed by atoms with Crippen LogP contribution < -0.4 is 5.32 Å². The molecule has 2 N–H and O–H groups in total. The number of aromatic nitrogens is 3. The van der Waals surface area contributed by atoms with Crippen molar-refractivity contribution in [2.75, 3.05) is 13.6 Å². The molecule has 1 aromatic carbocycles. The third-order valence-electron chi connectivity index (χ3n) is 3.12. The van der Waals surface area contributed by atoms with E-state index >= 15 is 0 Å². The van der Waals surface area contributed by atoms with Gasteiger partial charge in [0.2, 0.25) is 0 Å². The van der Waals surface area contributed by atoms with Crippen molar-refractivity contribution in [3.8, 4) is 11.5 Å². The van der Waals surface area contributed by atoms with E-state index in [9.17, 15) is 0 Å². The van der Waals surface area contributed by atoms with E-state index in [1.54, 1.807) is 6.20 Å². The molecule has 3 rings (SSSR count). The van der Waals surface area contributed by atoms with Gasteiger partial charge in [0, 0.05) is 6.20 Å². The largest absolute Gasteiger partial charge is 0.337 e. The van der Waals surface area contributed by atoms with Crippen LogP contribution in [0, 0.1) is 0 Å². The summed E-state index contributed by atoms with van der Waals surface area (Å²) >= 11 is 0. The molecule has 0 aliphatic rings. The van der Waals surface area contributed by atoms with Crippen LogP contribution in [0.2, 0.25) is 0 Å². The summed E-state index contributed by atoms with van der Waals surface area (Å²) in [7, 11) is 1.97. The molecule has 0 fully saturated rings. The third-order valence-corrected chi connectivity index (χ3v) is 3.12. The van der Waals surface area contributed by atoms with Crippen molar-refractivity contribution < 1.29 is 0 Å². The topological polar surface area (TPSA) is 53.6 Å². The van der Waals surface area contributed by atoms with Crippen molar-refractivity contribution in [1.29, 1.82) is 0 Å². The summed E-state index contributed by atoms with van der Waals surface area (Å²) in [4.78, 5) is 12.2. The summed E-state index contributed by atoms with van der Waals surface area (Å²) in [5, 5.41) is 3.16. The van der Waals surface area contributed by atoms with E-state index in [0.717, 1.165) is 35.5 Å². The summed E-state index contributed by atoms with van der Waals surface area (Å²) < 4.78 is 0. The molecule has 0 amide bonds. The summed E-state index contributed by atoms with van der Waals surface area (Å²) in [6, 6.07) is 12.2. The van der Waals surface area contributed by atoms with Gasteiger partial charge in [-0.25, -0.2) is 4.98 Å². The molecule has 0 saturated carbocycles. The zero-order valence-electron chi connectivity index (χ0n) is 10.9. The highest BCUT2D eigenvalue weighted by Gasteiger charge is 2.06. The summed E-state index contributed by atoms with van der Waals surface area (Å²) in [5.41, 5.74) is 4.22. The van der Waals surface area contributed by atoms with Crippen molar-refractivity contribution in [3.63, 3.8) is 0 Å². The number of H-pyrrole nitrogens is 1. The van der Waals surface area contributed by atoms with E-state index in [0.29, 0.717) is 0 Å². The van der Waals surface area contributed by atoms with Gasteiger partial charge in [0.05, 0.1) is 11.0 Å². The Bertz CT molecular complexity index is 673. The minimum atomic E-state index is 0.821. The molecule has 2 aromatic heterocycles. The van der Waals surface area contributed by atoms with Gasteiger partial charge in [0.1, 0.15) is 5.69 Å². The fraction of sp³-hybridized carbons (Fsp3) is 0.200. The molecule has 0 spiro atoms. The second kappa shape index (κ2) is 5.20. The van der Waals surface area contributed by atoms with Gasteiger partial charge in [-0.15, -0.1) is 0 Å². The van der Waals surface area contributed by atoms with Crippen molar-refractivity contribution in [2.45, 2.75) is 6.42 Å². The van der Waals surface area contributed by atoms with Crippen LogP contribution in [-0.4, -0.2) is 28.5 Å². The predicted octanol–water partition coefficient (Wildman–Crippen LogP) is 2.39. The zero-order valence-corrected chi connectivity index (χ0v) is 10.9. The second-order valence-corrected chi connectivity index (χ2v) is 4.51. The maximum Gasteiger partial charge on any atom is 0.157 e. The van der Waals surface area contributed by atoms with Gasteiger partial charge >= 0.3 is 0 Å². The third kappa shape index (κ3) is 2.48. The molecule has 4 nitrogen and oxygen atoms in total. The Labute approximate surface area is 111 Å². The van der Waals surface area contributed by atoms with Crippen LogP contribution in [0.3, 0.4) is 0 Å². The van der Waals surface area contributed by atoms with Crippen molar-refractivity contribution in [3.05, 3.63) is 48.2 Å². The second-order valence-electron chi connectivity index (χ2n) is 4.51. The number of hydrogen-bond donors (Lipinski definition) is 2. The highest BCUT2D eigenvalue weighted by Crippen LogP contribution is 2.19. The summed E-state index contributed by atoms with van der Waals surface area (Å²) in [6.45, 7) is 0.979. The number of hydrogen-bond acceptors (Lipinski definition) is 3. The maximum absolute atomic E-state index is 4.57. The number of likely N-dealkylation sites (N-methyl/N-ethyl adjacent to an activating group) is 1. The van der Waals surface area contributed by atoms with Gasteiger partial charge in [0.15, 0.2) is 5.82 Å². The molecule has 0 radical (unpaired) electrons. The van der Waals surface area contributed by atoms with Crippen LogP contribution in [-0.2, 0) is 6.42 Å². The lowest BCUT2D eigenvalue weighted by molar-refractivity contribution is 0.792. The fourth-order valence-electron chi connectivity index (χ4n) is 2.11. The van der Waals surface area contributed by atoms with E-state index in [1.807, 2.05) is 25.2 Å².